The molecule has 0 fully saturated rings. The topological polar surface area (TPSA) is 107 Å². The average Bonchev–Trinajstić information content (AvgIpc) is 2.63. The second-order valence-electron chi connectivity index (χ2n) is 5.66. The van der Waals surface area contributed by atoms with Crippen LogP contribution in [0.4, 0.5) is 5.69 Å². The molecule has 112 valence electrons. The van der Waals surface area contributed by atoms with Crippen LogP contribution in [0.25, 0.3) is 11.1 Å². The van der Waals surface area contributed by atoms with Crippen molar-refractivity contribution in [3.05, 3.63) is 38.9 Å². The molecule has 21 heavy (non-hydrogen) atoms. The third-order valence-corrected chi connectivity index (χ3v) is 2.68. The van der Waals surface area contributed by atoms with Crippen LogP contribution in [0.15, 0.2) is 27.4 Å². The summed E-state index contributed by atoms with van der Waals surface area (Å²) < 4.78 is 6.04. The van der Waals surface area contributed by atoms with Crippen LogP contribution < -0.4 is 11.1 Å². The van der Waals surface area contributed by atoms with Crippen LogP contribution in [0, 0.1) is 10.1 Å². The summed E-state index contributed by atoms with van der Waals surface area (Å²) in [6.45, 7) is 5.17. The molecule has 0 unspecified atom stereocenters. The number of oxazole rings is 1. The Morgan fingerprint density at radius 1 is 1.43 bits per heavy atom. The molecule has 2 aromatic rings. The summed E-state index contributed by atoms with van der Waals surface area (Å²) in [4.78, 5) is 33.9. The standard InChI is InChI=1S/C13H15N3O5/c1-13(2,3)14-11(17)7-15-9-6-8(16(19)20)4-5-10(9)21-12(15)18/h4-6H,7H2,1-3H3,(H,14,17). The minimum absolute atomic E-state index is 0.173. The lowest BCUT2D eigenvalue weighted by molar-refractivity contribution is -0.384. The number of nitro groups is 1. The zero-order chi connectivity index (χ0) is 15.8. The van der Waals surface area contributed by atoms with Gasteiger partial charge in [0.1, 0.15) is 6.54 Å². The summed E-state index contributed by atoms with van der Waals surface area (Å²) in [5.74, 6) is -1.10. The number of carbonyl (C=O) groups is 1. The van der Waals surface area contributed by atoms with E-state index in [1.54, 1.807) is 0 Å². The van der Waals surface area contributed by atoms with Crippen molar-refractivity contribution in [3.63, 3.8) is 0 Å². The Morgan fingerprint density at radius 3 is 2.67 bits per heavy atom. The number of nitrogens with zero attached hydrogens (tertiary/aromatic N) is 2. The highest BCUT2D eigenvalue weighted by molar-refractivity contribution is 5.81. The third kappa shape index (κ3) is 3.28. The number of nitrogens with one attached hydrogen (secondary N) is 1. The van der Waals surface area contributed by atoms with Crippen LogP contribution >= 0.6 is 0 Å². The first kappa shape index (κ1) is 14.8. The maximum absolute atomic E-state index is 11.9. The lowest BCUT2D eigenvalue weighted by Crippen LogP contribution is -2.43. The van der Waals surface area contributed by atoms with Crippen molar-refractivity contribution in [2.24, 2.45) is 0 Å². The van der Waals surface area contributed by atoms with E-state index in [-0.39, 0.29) is 29.2 Å². The molecule has 1 aromatic heterocycles. The van der Waals surface area contributed by atoms with E-state index in [9.17, 15) is 19.7 Å². The van der Waals surface area contributed by atoms with Crippen LogP contribution in [0.2, 0.25) is 0 Å². The molecule has 0 atom stereocenters. The zero-order valence-electron chi connectivity index (χ0n) is 11.9. The van der Waals surface area contributed by atoms with E-state index >= 15 is 0 Å². The number of amides is 1. The average molecular weight is 293 g/mol. The molecule has 1 heterocycles. The number of nitro benzene ring substituents is 1. The maximum Gasteiger partial charge on any atom is 0.420 e. The van der Waals surface area contributed by atoms with Gasteiger partial charge in [-0.15, -0.1) is 0 Å². The van der Waals surface area contributed by atoms with Gasteiger partial charge >= 0.3 is 5.76 Å². The predicted octanol–water partition coefficient (Wildman–Crippen LogP) is 1.42. The highest BCUT2D eigenvalue weighted by Gasteiger charge is 2.19. The molecule has 8 nitrogen and oxygen atoms in total. The molecular weight excluding hydrogens is 278 g/mol. The fourth-order valence-electron chi connectivity index (χ4n) is 1.92. The summed E-state index contributed by atoms with van der Waals surface area (Å²) in [5, 5.41) is 13.5. The molecule has 0 aliphatic heterocycles. The van der Waals surface area contributed by atoms with E-state index < -0.39 is 16.2 Å². The SMILES string of the molecule is CC(C)(C)NC(=O)Cn1c(=O)oc2ccc([N+](=O)[O-])cc21. The molecule has 0 aliphatic rings. The Balaban J connectivity index is 2.41. The van der Waals surface area contributed by atoms with Gasteiger partial charge in [-0.2, -0.15) is 0 Å². The van der Waals surface area contributed by atoms with Crippen molar-refractivity contribution in [2.75, 3.05) is 0 Å². The van der Waals surface area contributed by atoms with Gasteiger partial charge in [0.15, 0.2) is 5.58 Å². The molecule has 0 saturated carbocycles. The lowest BCUT2D eigenvalue weighted by Gasteiger charge is -2.20. The fraction of sp³-hybridized carbons (Fsp3) is 0.385. The lowest BCUT2D eigenvalue weighted by atomic mass is 10.1. The van der Waals surface area contributed by atoms with Crippen molar-refractivity contribution in [1.82, 2.24) is 9.88 Å². The molecular formula is C13H15N3O5. The Bertz CT molecular complexity index is 766. The zero-order valence-corrected chi connectivity index (χ0v) is 11.9. The number of carbonyl (C=O) groups excluding carboxylic acids is 1. The number of aromatic nitrogens is 1. The summed E-state index contributed by atoms with van der Waals surface area (Å²) in [6, 6.07) is 3.79. The molecule has 1 aromatic carbocycles. The van der Waals surface area contributed by atoms with E-state index in [2.05, 4.69) is 5.32 Å². The van der Waals surface area contributed by atoms with Gasteiger partial charge in [-0.3, -0.25) is 19.5 Å². The molecule has 2 rings (SSSR count). The van der Waals surface area contributed by atoms with E-state index in [1.807, 2.05) is 20.8 Å². The number of hydrogen-bond donors (Lipinski definition) is 1. The van der Waals surface area contributed by atoms with Crippen LogP contribution in [-0.4, -0.2) is 20.9 Å². The van der Waals surface area contributed by atoms with Gasteiger partial charge in [-0.05, 0) is 26.8 Å². The first-order valence-corrected chi connectivity index (χ1v) is 6.26. The van der Waals surface area contributed by atoms with Crippen molar-refractivity contribution in [1.29, 1.82) is 0 Å². The number of fused-ring (bicyclic) bond motifs is 1. The van der Waals surface area contributed by atoms with Gasteiger partial charge in [-0.1, -0.05) is 0 Å². The van der Waals surface area contributed by atoms with Gasteiger partial charge in [0.05, 0.1) is 10.4 Å². The predicted molar refractivity (Wildman–Crippen MR) is 75.0 cm³/mol. The monoisotopic (exact) mass is 293 g/mol. The molecule has 0 radical (unpaired) electrons. The van der Waals surface area contributed by atoms with E-state index in [0.717, 1.165) is 4.57 Å². The van der Waals surface area contributed by atoms with Crippen molar-refractivity contribution < 1.29 is 14.1 Å². The van der Waals surface area contributed by atoms with Crippen molar-refractivity contribution in [2.45, 2.75) is 32.9 Å². The Labute approximate surface area is 119 Å². The quantitative estimate of drug-likeness (QED) is 0.680. The first-order chi connectivity index (χ1) is 9.67. The first-order valence-electron chi connectivity index (χ1n) is 6.26. The Hall–Kier alpha value is -2.64. The third-order valence-electron chi connectivity index (χ3n) is 2.68. The molecule has 8 heteroatoms. The molecule has 1 amide bonds. The summed E-state index contributed by atoms with van der Waals surface area (Å²) in [7, 11) is 0. The number of benzene rings is 1. The Kier molecular flexibility index (Phi) is 3.54. The van der Waals surface area contributed by atoms with Crippen LogP contribution in [0.1, 0.15) is 20.8 Å². The number of hydrogen-bond acceptors (Lipinski definition) is 5. The minimum atomic E-state index is -0.727. The van der Waals surface area contributed by atoms with Gasteiger partial charge in [0.2, 0.25) is 5.91 Å². The molecule has 0 bridgehead atoms. The second kappa shape index (κ2) is 5.04. The molecule has 1 N–H and O–H groups in total. The normalized spacial score (nSPS) is 11.6. The largest absolute Gasteiger partial charge is 0.420 e. The minimum Gasteiger partial charge on any atom is -0.408 e. The summed E-state index contributed by atoms with van der Waals surface area (Å²) in [5.41, 5.74) is -0.188. The number of rotatable bonds is 3. The second-order valence-corrected chi connectivity index (χ2v) is 5.66. The molecule has 0 spiro atoms. The van der Waals surface area contributed by atoms with E-state index in [4.69, 9.17) is 4.42 Å². The number of non-ortho nitro benzene ring substituents is 1. The van der Waals surface area contributed by atoms with Crippen LogP contribution in [-0.2, 0) is 11.3 Å². The van der Waals surface area contributed by atoms with Gasteiger partial charge in [-0.25, -0.2) is 4.79 Å². The summed E-state index contributed by atoms with van der Waals surface area (Å²) >= 11 is 0. The van der Waals surface area contributed by atoms with Crippen LogP contribution in [0.3, 0.4) is 0 Å². The van der Waals surface area contributed by atoms with Crippen LogP contribution in [0.5, 0.6) is 0 Å². The van der Waals surface area contributed by atoms with E-state index in [0.29, 0.717) is 0 Å². The summed E-state index contributed by atoms with van der Waals surface area (Å²) in [6.07, 6.45) is 0. The highest BCUT2D eigenvalue weighted by atomic mass is 16.6. The van der Waals surface area contributed by atoms with Crippen molar-refractivity contribution in [3.8, 4) is 0 Å². The molecule has 0 saturated heterocycles. The smallest absolute Gasteiger partial charge is 0.408 e. The highest BCUT2D eigenvalue weighted by Crippen LogP contribution is 2.20. The van der Waals surface area contributed by atoms with Gasteiger partial charge in [0.25, 0.3) is 5.69 Å². The Morgan fingerprint density at radius 2 is 2.10 bits per heavy atom. The van der Waals surface area contributed by atoms with Crippen molar-refractivity contribution >= 4 is 22.7 Å². The van der Waals surface area contributed by atoms with Gasteiger partial charge in [0, 0.05) is 17.7 Å². The fourth-order valence-corrected chi connectivity index (χ4v) is 1.92. The molecule has 0 aliphatic carbocycles. The maximum atomic E-state index is 11.9. The van der Waals surface area contributed by atoms with Gasteiger partial charge < -0.3 is 9.73 Å². The van der Waals surface area contributed by atoms with E-state index in [1.165, 1.54) is 18.2 Å².